The Hall–Kier alpha value is -6.59. The summed E-state index contributed by atoms with van der Waals surface area (Å²) in [5, 5.41) is 6.62. The maximum absolute atomic E-state index is 6.48. The predicted octanol–water partition coefficient (Wildman–Crippen LogP) is 11.0. The van der Waals surface area contributed by atoms with Gasteiger partial charge in [-0.2, -0.15) is 0 Å². The van der Waals surface area contributed by atoms with Gasteiger partial charge < -0.3 is 8.98 Å². The lowest BCUT2D eigenvalue weighted by molar-refractivity contribution is 0.654. The minimum atomic E-state index is 0.585. The van der Waals surface area contributed by atoms with Crippen molar-refractivity contribution < 1.29 is 4.42 Å². The van der Waals surface area contributed by atoms with Gasteiger partial charge in [0.05, 0.1) is 28.1 Å². The Morgan fingerprint density at radius 1 is 0.500 bits per heavy atom. The van der Waals surface area contributed by atoms with Crippen molar-refractivity contribution >= 4 is 54.6 Å². The second kappa shape index (κ2) is 10.5. The van der Waals surface area contributed by atoms with Crippen molar-refractivity contribution in [3.8, 4) is 39.6 Å². The van der Waals surface area contributed by atoms with Crippen LogP contribution in [0.2, 0.25) is 0 Å². The summed E-state index contributed by atoms with van der Waals surface area (Å²) >= 11 is 0. The van der Waals surface area contributed by atoms with Gasteiger partial charge in [-0.1, -0.05) is 103 Å². The van der Waals surface area contributed by atoms with E-state index in [1.54, 1.807) is 6.20 Å². The minimum absolute atomic E-state index is 0.585. The van der Waals surface area contributed by atoms with Crippen LogP contribution in [0.1, 0.15) is 0 Å². The van der Waals surface area contributed by atoms with Crippen molar-refractivity contribution in [1.29, 1.82) is 0 Å². The molecule has 0 saturated heterocycles. The molecule has 10 rings (SSSR count). The average Bonchev–Trinajstić information content (AvgIpc) is 3.70. The Labute approximate surface area is 275 Å². The molecule has 6 aromatic carbocycles. The maximum Gasteiger partial charge on any atom is 0.227 e. The summed E-state index contributed by atoms with van der Waals surface area (Å²) < 4.78 is 8.78. The Bertz CT molecular complexity index is 2800. The fraction of sp³-hybridized carbons (Fsp3) is 0. The standard InChI is InChI=1S/C43H26N4O/c1-2-12-28(13-3-1)36-26-37(30-21-20-27-11-4-5-14-29(27)23-30)46-42(45-36)35-24-31(25-40-41(35)34-17-10-22-44-43(34)48-40)47-38-18-8-6-15-32(38)33-16-7-9-19-39(33)47/h1-26H. The molecule has 0 saturated carbocycles. The molecule has 10 aromatic rings. The van der Waals surface area contributed by atoms with E-state index in [0.717, 1.165) is 61.2 Å². The first-order chi connectivity index (χ1) is 23.8. The molecular formula is C43H26N4O. The molecule has 0 unspecified atom stereocenters. The summed E-state index contributed by atoms with van der Waals surface area (Å²) in [6.45, 7) is 0. The molecule has 4 heterocycles. The highest BCUT2D eigenvalue weighted by Gasteiger charge is 2.21. The molecule has 0 radical (unpaired) electrons. The Balaban J connectivity index is 1.30. The minimum Gasteiger partial charge on any atom is -0.438 e. The number of nitrogens with zero attached hydrogens (tertiary/aromatic N) is 4. The van der Waals surface area contributed by atoms with Crippen molar-refractivity contribution in [3.05, 3.63) is 158 Å². The molecule has 0 amide bonds. The van der Waals surface area contributed by atoms with Gasteiger partial charge in [-0.05, 0) is 53.2 Å². The summed E-state index contributed by atoms with van der Waals surface area (Å²) in [4.78, 5) is 15.2. The summed E-state index contributed by atoms with van der Waals surface area (Å²) in [7, 11) is 0. The number of pyridine rings is 1. The van der Waals surface area contributed by atoms with Crippen molar-refractivity contribution in [2.75, 3.05) is 0 Å². The van der Waals surface area contributed by atoms with Crippen LogP contribution in [-0.2, 0) is 0 Å². The van der Waals surface area contributed by atoms with E-state index in [2.05, 4.69) is 137 Å². The van der Waals surface area contributed by atoms with Gasteiger partial charge in [-0.25, -0.2) is 15.0 Å². The van der Waals surface area contributed by atoms with Gasteiger partial charge in [0.2, 0.25) is 5.71 Å². The van der Waals surface area contributed by atoms with E-state index in [9.17, 15) is 0 Å². The number of rotatable bonds is 4. The van der Waals surface area contributed by atoms with Gasteiger partial charge in [-0.3, -0.25) is 0 Å². The van der Waals surface area contributed by atoms with Crippen LogP contribution in [0.3, 0.4) is 0 Å². The van der Waals surface area contributed by atoms with Crippen molar-refractivity contribution in [1.82, 2.24) is 19.5 Å². The highest BCUT2D eigenvalue weighted by atomic mass is 16.3. The van der Waals surface area contributed by atoms with E-state index in [-0.39, 0.29) is 0 Å². The van der Waals surface area contributed by atoms with Crippen LogP contribution < -0.4 is 0 Å². The molecule has 224 valence electrons. The van der Waals surface area contributed by atoms with Gasteiger partial charge >= 0.3 is 0 Å². The largest absolute Gasteiger partial charge is 0.438 e. The van der Waals surface area contributed by atoms with Crippen LogP contribution in [0.15, 0.2) is 162 Å². The van der Waals surface area contributed by atoms with E-state index in [0.29, 0.717) is 11.5 Å². The molecule has 0 aliphatic rings. The van der Waals surface area contributed by atoms with Gasteiger partial charge in [0.25, 0.3) is 0 Å². The molecule has 0 aliphatic carbocycles. The summed E-state index contributed by atoms with van der Waals surface area (Å²) in [5.41, 5.74) is 9.17. The van der Waals surface area contributed by atoms with E-state index >= 15 is 0 Å². The lowest BCUT2D eigenvalue weighted by atomic mass is 10.0. The summed E-state index contributed by atoms with van der Waals surface area (Å²) in [6, 6.07) is 52.7. The second-order valence-electron chi connectivity index (χ2n) is 12.1. The number of furan rings is 1. The third-order valence-corrected chi connectivity index (χ3v) is 9.25. The summed E-state index contributed by atoms with van der Waals surface area (Å²) in [6.07, 6.45) is 1.77. The Morgan fingerprint density at radius 2 is 1.17 bits per heavy atom. The number of hydrogen-bond acceptors (Lipinski definition) is 4. The second-order valence-corrected chi connectivity index (χ2v) is 12.1. The van der Waals surface area contributed by atoms with Crippen molar-refractivity contribution in [2.24, 2.45) is 0 Å². The number of benzene rings is 6. The van der Waals surface area contributed by atoms with Crippen LogP contribution in [-0.4, -0.2) is 19.5 Å². The predicted molar refractivity (Wildman–Crippen MR) is 195 cm³/mol. The van der Waals surface area contributed by atoms with E-state index in [1.807, 2.05) is 24.3 Å². The lowest BCUT2D eigenvalue weighted by Gasteiger charge is -2.13. The highest BCUT2D eigenvalue weighted by molar-refractivity contribution is 6.13. The number of para-hydroxylation sites is 2. The number of fused-ring (bicyclic) bond motifs is 7. The van der Waals surface area contributed by atoms with E-state index in [4.69, 9.17) is 14.4 Å². The molecule has 0 spiro atoms. The number of aromatic nitrogens is 4. The molecule has 0 fully saturated rings. The Kier molecular flexibility index (Phi) is 5.81. The van der Waals surface area contributed by atoms with Gasteiger partial charge in [0, 0.05) is 50.5 Å². The smallest absolute Gasteiger partial charge is 0.227 e. The van der Waals surface area contributed by atoms with Gasteiger partial charge in [0.15, 0.2) is 5.82 Å². The third-order valence-electron chi connectivity index (χ3n) is 9.25. The monoisotopic (exact) mass is 614 g/mol. The van der Waals surface area contributed by atoms with E-state index in [1.165, 1.54) is 21.5 Å². The zero-order valence-electron chi connectivity index (χ0n) is 25.7. The molecule has 0 bridgehead atoms. The number of hydrogen-bond donors (Lipinski definition) is 0. The maximum atomic E-state index is 6.48. The first-order valence-corrected chi connectivity index (χ1v) is 16.0. The topological polar surface area (TPSA) is 56.7 Å². The SMILES string of the molecule is c1ccc(-c2cc(-c3ccc4ccccc4c3)nc(-c3cc(-n4c5ccccc5c5ccccc54)cc4oc5ncccc5c34)n2)cc1. The molecule has 0 N–H and O–H groups in total. The molecule has 5 nitrogen and oxygen atoms in total. The van der Waals surface area contributed by atoms with Crippen LogP contribution in [0, 0.1) is 0 Å². The first-order valence-electron chi connectivity index (χ1n) is 16.0. The normalized spacial score (nSPS) is 11.8. The molecule has 0 atom stereocenters. The summed E-state index contributed by atoms with van der Waals surface area (Å²) in [5.74, 6) is 0.624. The highest BCUT2D eigenvalue weighted by Crippen LogP contribution is 2.40. The van der Waals surface area contributed by atoms with Gasteiger partial charge in [-0.15, -0.1) is 0 Å². The Morgan fingerprint density at radius 3 is 1.96 bits per heavy atom. The zero-order valence-corrected chi connectivity index (χ0v) is 25.7. The van der Waals surface area contributed by atoms with E-state index < -0.39 is 0 Å². The average molecular weight is 615 g/mol. The van der Waals surface area contributed by atoms with Crippen LogP contribution in [0.5, 0.6) is 0 Å². The van der Waals surface area contributed by atoms with Crippen LogP contribution in [0.25, 0.3) is 94.2 Å². The lowest BCUT2D eigenvalue weighted by Crippen LogP contribution is -1.99. The molecule has 48 heavy (non-hydrogen) atoms. The fourth-order valence-corrected chi connectivity index (χ4v) is 7.05. The molecule has 0 aliphatic heterocycles. The molecule has 5 heteroatoms. The first kappa shape index (κ1) is 26.6. The molecular weight excluding hydrogens is 589 g/mol. The van der Waals surface area contributed by atoms with Crippen molar-refractivity contribution in [2.45, 2.75) is 0 Å². The van der Waals surface area contributed by atoms with Crippen LogP contribution in [0.4, 0.5) is 0 Å². The van der Waals surface area contributed by atoms with Gasteiger partial charge in [0.1, 0.15) is 5.58 Å². The van der Waals surface area contributed by atoms with Crippen LogP contribution >= 0.6 is 0 Å². The third kappa shape index (κ3) is 4.15. The fourth-order valence-electron chi connectivity index (χ4n) is 7.05. The zero-order chi connectivity index (χ0) is 31.6. The quantitative estimate of drug-likeness (QED) is 0.198. The van der Waals surface area contributed by atoms with Crippen molar-refractivity contribution in [3.63, 3.8) is 0 Å². The molecule has 4 aromatic heterocycles.